The fourth-order valence-corrected chi connectivity index (χ4v) is 3.41. The summed E-state index contributed by atoms with van der Waals surface area (Å²) in [6.45, 7) is 0.830. The zero-order valence-corrected chi connectivity index (χ0v) is 20.6. The molecule has 0 aromatic carbocycles. The normalized spacial score (nSPS) is 14.4. The third-order valence-corrected chi connectivity index (χ3v) is 5.68. The summed E-state index contributed by atoms with van der Waals surface area (Å²) in [4.78, 5) is 56.8. The van der Waals surface area contributed by atoms with E-state index < -0.39 is 47.9 Å². The van der Waals surface area contributed by atoms with Crippen LogP contribution in [0.5, 0.6) is 0 Å². The average molecular weight is 515 g/mol. The van der Waals surface area contributed by atoms with Gasteiger partial charge in [-0.25, -0.2) is 9.78 Å². The molecule has 4 atom stereocenters. The van der Waals surface area contributed by atoms with Crippen molar-refractivity contribution in [2.45, 2.75) is 69.1 Å². The first kappa shape index (κ1) is 30.4. The summed E-state index contributed by atoms with van der Waals surface area (Å²) < 4.78 is 0. The minimum absolute atomic E-state index is 0.0341. The second-order valence-electron chi connectivity index (χ2n) is 8.16. The van der Waals surface area contributed by atoms with E-state index in [9.17, 15) is 24.3 Å². The van der Waals surface area contributed by atoms with E-state index in [-0.39, 0.29) is 25.0 Å². The highest BCUT2D eigenvalue weighted by Gasteiger charge is 2.30. The first-order valence-electron chi connectivity index (χ1n) is 11.6. The number of rotatable bonds is 18. The monoisotopic (exact) mass is 514 g/mol. The summed E-state index contributed by atoms with van der Waals surface area (Å²) in [5, 5.41) is 17.2. The minimum Gasteiger partial charge on any atom is -0.480 e. The van der Waals surface area contributed by atoms with Gasteiger partial charge >= 0.3 is 5.97 Å². The molecule has 0 aliphatic rings. The molecule has 11 N–H and O–H groups in total. The summed E-state index contributed by atoms with van der Waals surface area (Å²) in [6.07, 6.45) is 5.77. The second-order valence-corrected chi connectivity index (χ2v) is 8.53. The minimum atomic E-state index is -1.19. The molecule has 0 saturated heterocycles. The molecule has 1 heterocycles. The number of hydrogen-bond acceptors (Lipinski definition) is 9. The van der Waals surface area contributed by atoms with E-state index in [0.29, 0.717) is 44.5 Å². The second kappa shape index (κ2) is 16.9. The molecule has 0 aliphatic carbocycles. The van der Waals surface area contributed by atoms with Crippen LogP contribution in [0.25, 0.3) is 0 Å². The van der Waals surface area contributed by atoms with Gasteiger partial charge in [-0.3, -0.25) is 14.4 Å². The van der Waals surface area contributed by atoms with E-state index in [1.165, 1.54) is 12.5 Å². The van der Waals surface area contributed by atoms with Crippen LogP contribution in [-0.4, -0.2) is 81.8 Å². The number of carbonyl (C=O) groups is 4. The highest BCUT2D eigenvalue weighted by molar-refractivity contribution is 7.80. The number of nitrogens with two attached hydrogens (primary N) is 3. The first-order valence-corrected chi connectivity index (χ1v) is 12.2. The Morgan fingerprint density at radius 1 is 0.914 bits per heavy atom. The maximum absolute atomic E-state index is 13.1. The quantitative estimate of drug-likeness (QED) is 0.0778. The van der Waals surface area contributed by atoms with E-state index in [2.05, 4.69) is 38.5 Å². The zero-order valence-electron chi connectivity index (χ0n) is 19.7. The number of carboxylic acid groups (broad SMARTS) is 1. The van der Waals surface area contributed by atoms with Gasteiger partial charge in [0.25, 0.3) is 0 Å². The number of thiol groups is 1. The van der Waals surface area contributed by atoms with Crippen molar-refractivity contribution in [1.82, 2.24) is 25.9 Å². The summed E-state index contributed by atoms with van der Waals surface area (Å²) in [6, 6.07) is -4.12. The average Bonchev–Trinajstić information content (AvgIpc) is 3.34. The lowest BCUT2D eigenvalue weighted by Gasteiger charge is -2.25. The van der Waals surface area contributed by atoms with Crippen molar-refractivity contribution < 1.29 is 24.3 Å². The van der Waals surface area contributed by atoms with Gasteiger partial charge in [0.1, 0.15) is 18.1 Å². The molecule has 0 bridgehead atoms. The molecule has 13 nitrogen and oxygen atoms in total. The number of carbonyl (C=O) groups excluding carboxylic acids is 3. The summed E-state index contributed by atoms with van der Waals surface area (Å²) in [5.74, 6) is -2.92. The van der Waals surface area contributed by atoms with Gasteiger partial charge in [0.05, 0.1) is 12.4 Å². The summed E-state index contributed by atoms with van der Waals surface area (Å²) >= 11 is 4.00. The Morgan fingerprint density at radius 3 is 1.97 bits per heavy atom. The zero-order chi connectivity index (χ0) is 26.2. The van der Waals surface area contributed by atoms with Crippen molar-refractivity contribution >= 4 is 36.3 Å². The smallest absolute Gasteiger partial charge is 0.326 e. The SMILES string of the molecule is NCCCCC(NC(=O)C(Cc1cnc[nH]1)NC(=O)C(CCCCN)NC(=O)C(N)CS)C(=O)O. The van der Waals surface area contributed by atoms with E-state index >= 15 is 0 Å². The molecule has 1 rings (SSSR count). The molecule has 1 aromatic heterocycles. The number of amides is 3. The number of aromatic nitrogens is 2. The Morgan fingerprint density at radius 2 is 1.46 bits per heavy atom. The Labute approximate surface area is 210 Å². The fourth-order valence-electron chi connectivity index (χ4n) is 3.24. The van der Waals surface area contributed by atoms with Gasteiger partial charge < -0.3 is 43.2 Å². The van der Waals surface area contributed by atoms with Crippen LogP contribution in [0.1, 0.15) is 44.2 Å². The number of hydrogen-bond donors (Lipinski definition) is 9. The van der Waals surface area contributed by atoms with E-state index in [0.717, 1.165) is 0 Å². The Kier molecular flexibility index (Phi) is 14.6. The highest BCUT2D eigenvalue weighted by atomic mass is 32.1. The fraction of sp³-hybridized carbons (Fsp3) is 0.667. The van der Waals surface area contributed by atoms with Crippen LogP contribution >= 0.6 is 12.6 Å². The van der Waals surface area contributed by atoms with Crippen molar-refractivity contribution in [3.8, 4) is 0 Å². The van der Waals surface area contributed by atoms with Crippen LogP contribution in [0.2, 0.25) is 0 Å². The highest BCUT2D eigenvalue weighted by Crippen LogP contribution is 2.07. The maximum Gasteiger partial charge on any atom is 0.326 e. The van der Waals surface area contributed by atoms with Crippen molar-refractivity contribution in [2.75, 3.05) is 18.8 Å². The molecular formula is C21H38N8O5S. The number of aromatic amines is 1. The van der Waals surface area contributed by atoms with Gasteiger partial charge in [-0.2, -0.15) is 12.6 Å². The van der Waals surface area contributed by atoms with Gasteiger partial charge in [-0.1, -0.05) is 0 Å². The number of nitrogens with one attached hydrogen (secondary N) is 4. The molecule has 0 fully saturated rings. The standard InChI is InChI=1S/C21H38N8O5S/c22-7-3-1-5-15(27-18(30)14(24)11-35)19(31)29-17(9-13-10-25-12-26-13)20(32)28-16(21(33)34)6-2-4-8-23/h10,12,14-17,35H,1-9,11,22-24H2,(H,25,26)(H,27,30)(H,28,32)(H,29,31)(H,33,34). The van der Waals surface area contributed by atoms with Crippen molar-refractivity contribution in [3.05, 3.63) is 18.2 Å². The van der Waals surface area contributed by atoms with E-state index in [4.69, 9.17) is 17.2 Å². The molecule has 0 radical (unpaired) electrons. The lowest BCUT2D eigenvalue weighted by Crippen LogP contribution is -2.57. The van der Waals surface area contributed by atoms with Crippen LogP contribution < -0.4 is 33.2 Å². The molecule has 0 aliphatic heterocycles. The first-order chi connectivity index (χ1) is 16.7. The number of nitrogens with zero attached hydrogens (tertiary/aromatic N) is 1. The molecule has 0 saturated carbocycles. The van der Waals surface area contributed by atoms with Gasteiger partial charge in [0, 0.05) is 24.1 Å². The lowest BCUT2D eigenvalue weighted by molar-refractivity contribution is -0.142. The number of carboxylic acids is 1. The van der Waals surface area contributed by atoms with Crippen LogP contribution in [0.3, 0.4) is 0 Å². The molecule has 14 heteroatoms. The Bertz CT molecular complexity index is 795. The maximum atomic E-state index is 13.1. The van der Waals surface area contributed by atoms with Crippen molar-refractivity contribution in [1.29, 1.82) is 0 Å². The predicted octanol–water partition coefficient (Wildman–Crippen LogP) is -1.99. The summed E-state index contributed by atoms with van der Waals surface area (Å²) in [7, 11) is 0. The molecule has 198 valence electrons. The van der Waals surface area contributed by atoms with E-state index in [1.807, 2.05) is 0 Å². The third kappa shape index (κ3) is 11.5. The van der Waals surface area contributed by atoms with Gasteiger partial charge in [-0.15, -0.1) is 0 Å². The number of aliphatic carboxylic acids is 1. The van der Waals surface area contributed by atoms with Crippen LogP contribution in [0.15, 0.2) is 12.5 Å². The van der Waals surface area contributed by atoms with Gasteiger partial charge in [0.2, 0.25) is 17.7 Å². The molecule has 3 amide bonds. The van der Waals surface area contributed by atoms with Crippen LogP contribution in [-0.2, 0) is 25.6 Å². The lowest BCUT2D eigenvalue weighted by atomic mass is 10.0. The number of H-pyrrole nitrogens is 1. The number of imidazole rings is 1. The van der Waals surface area contributed by atoms with Crippen molar-refractivity contribution in [2.24, 2.45) is 17.2 Å². The molecular weight excluding hydrogens is 476 g/mol. The van der Waals surface area contributed by atoms with E-state index in [1.54, 1.807) is 0 Å². The van der Waals surface area contributed by atoms with Crippen molar-refractivity contribution in [3.63, 3.8) is 0 Å². The van der Waals surface area contributed by atoms with Crippen LogP contribution in [0.4, 0.5) is 0 Å². The molecule has 0 spiro atoms. The Balaban J connectivity index is 3.01. The molecule has 1 aromatic rings. The third-order valence-electron chi connectivity index (χ3n) is 5.29. The predicted molar refractivity (Wildman–Crippen MR) is 133 cm³/mol. The number of unbranched alkanes of at least 4 members (excludes halogenated alkanes) is 2. The van der Waals surface area contributed by atoms with Crippen LogP contribution in [0, 0.1) is 0 Å². The topological polar surface area (TPSA) is 231 Å². The summed E-state index contributed by atoms with van der Waals surface area (Å²) in [5.41, 5.74) is 17.3. The largest absolute Gasteiger partial charge is 0.480 e. The Hall–Kier alpha value is -2.68. The molecule has 35 heavy (non-hydrogen) atoms. The van der Waals surface area contributed by atoms with Gasteiger partial charge in [0.15, 0.2) is 0 Å². The van der Waals surface area contributed by atoms with Gasteiger partial charge in [-0.05, 0) is 51.6 Å². The molecule has 4 unspecified atom stereocenters.